The standard InChI is InChI=1S/C24H23N3O3/c1-16-6-3-4-7-19(16)13-27-14-22-23(30-15-24(27)29)11-10-21(26-22)18-8-5-9-20(12-18)25-17(2)28/h3-12H,13-15H2,1-2H3,(H,25,28). The Morgan fingerprint density at radius 1 is 1.13 bits per heavy atom. The SMILES string of the molecule is CC(=O)Nc1cccc(-c2ccc3c(n2)CN(Cc2ccccc2C)C(=O)CO3)c1. The van der Waals surface area contributed by atoms with E-state index in [2.05, 4.69) is 5.32 Å². The molecule has 0 spiro atoms. The van der Waals surface area contributed by atoms with Crippen molar-refractivity contribution >= 4 is 17.5 Å². The first kappa shape index (κ1) is 19.6. The van der Waals surface area contributed by atoms with Crippen molar-refractivity contribution in [2.75, 3.05) is 11.9 Å². The Hall–Kier alpha value is -3.67. The molecular weight excluding hydrogens is 378 g/mol. The van der Waals surface area contributed by atoms with Crippen LogP contribution in [-0.2, 0) is 22.7 Å². The summed E-state index contributed by atoms with van der Waals surface area (Å²) in [5.41, 5.74) is 5.32. The van der Waals surface area contributed by atoms with Gasteiger partial charge in [-0.15, -0.1) is 0 Å². The van der Waals surface area contributed by atoms with Crippen LogP contribution in [0.1, 0.15) is 23.7 Å². The van der Waals surface area contributed by atoms with Gasteiger partial charge in [0.05, 0.1) is 12.2 Å². The second kappa shape index (κ2) is 8.37. The molecule has 3 aromatic rings. The van der Waals surface area contributed by atoms with Gasteiger partial charge in [0.1, 0.15) is 11.4 Å². The summed E-state index contributed by atoms with van der Waals surface area (Å²) in [5.74, 6) is 0.434. The Morgan fingerprint density at radius 3 is 2.77 bits per heavy atom. The predicted octanol–water partition coefficient (Wildman–Crippen LogP) is 3.94. The van der Waals surface area contributed by atoms with Crippen molar-refractivity contribution in [3.63, 3.8) is 0 Å². The minimum absolute atomic E-state index is 0.00206. The van der Waals surface area contributed by atoms with Crippen LogP contribution in [0.3, 0.4) is 0 Å². The van der Waals surface area contributed by atoms with Crippen molar-refractivity contribution in [1.29, 1.82) is 0 Å². The van der Waals surface area contributed by atoms with Crippen LogP contribution in [0.5, 0.6) is 5.75 Å². The summed E-state index contributed by atoms with van der Waals surface area (Å²) >= 11 is 0. The van der Waals surface area contributed by atoms with E-state index in [-0.39, 0.29) is 18.4 Å². The van der Waals surface area contributed by atoms with Crippen LogP contribution in [0, 0.1) is 6.92 Å². The van der Waals surface area contributed by atoms with Crippen molar-refractivity contribution in [2.45, 2.75) is 26.9 Å². The number of hydrogen-bond donors (Lipinski definition) is 1. The topological polar surface area (TPSA) is 71.5 Å². The molecule has 6 nitrogen and oxygen atoms in total. The average molecular weight is 401 g/mol. The Labute approximate surface area is 175 Å². The van der Waals surface area contributed by atoms with Crippen LogP contribution in [0.2, 0.25) is 0 Å². The molecular formula is C24H23N3O3. The van der Waals surface area contributed by atoms with E-state index >= 15 is 0 Å². The van der Waals surface area contributed by atoms with Gasteiger partial charge in [-0.05, 0) is 42.3 Å². The maximum Gasteiger partial charge on any atom is 0.261 e. The maximum atomic E-state index is 12.6. The number of pyridine rings is 1. The van der Waals surface area contributed by atoms with Crippen LogP contribution >= 0.6 is 0 Å². The molecule has 0 bridgehead atoms. The Morgan fingerprint density at radius 2 is 1.97 bits per heavy atom. The summed E-state index contributed by atoms with van der Waals surface area (Å²) in [4.78, 5) is 30.5. The second-order valence-electron chi connectivity index (χ2n) is 7.37. The molecule has 1 aliphatic heterocycles. The van der Waals surface area contributed by atoms with E-state index in [4.69, 9.17) is 9.72 Å². The van der Waals surface area contributed by atoms with Gasteiger partial charge in [0.25, 0.3) is 5.91 Å². The lowest BCUT2D eigenvalue weighted by Crippen LogP contribution is -2.32. The highest BCUT2D eigenvalue weighted by Crippen LogP contribution is 2.28. The number of nitrogens with zero attached hydrogens (tertiary/aromatic N) is 2. The third-order valence-electron chi connectivity index (χ3n) is 5.08. The minimum atomic E-state index is -0.124. The van der Waals surface area contributed by atoms with E-state index in [0.29, 0.717) is 24.5 Å². The highest BCUT2D eigenvalue weighted by Gasteiger charge is 2.23. The minimum Gasteiger partial charge on any atom is -0.482 e. The van der Waals surface area contributed by atoms with E-state index in [0.717, 1.165) is 28.1 Å². The largest absolute Gasteiger partial charge is 0.482 e. The Kier molecular flexibility index (Phi) is 5.48. The fourth-order valence-corrected chi connectivity index (χ4v) is 3.49. The molecule has 0 fully saturated rings. The summed E-state index contributed by atoms with van der Waals surface area (Å²) < 4.78 is 5.72. The molecule has 1 aromatic heterocycles. The number of aryl methyl sites for hydroxylation is 1. The quantitative estimate of drug-likeness (QED) is 0.719. The zero-order valence-electron chi connectivity index (χ0n) is 17.0. The number of anilines is 1. The lowest BCUT2D eigenvalue weighted by atomic mass is 10.1. The summed E-state index contributed by atoms with van der Waals surface area (Å²) in [5, 5.41) is 2.79. The molecule has 2 aromatic carbocycles. The summed E-state index contributed by atoms with van der Waals surface area (Å²) in [6.07, 6.45) is 0. The first-order valence-electron chi connectivity index (χ1n) is 9.82. The van der Waals surface area contributed by atoms with Crippen LogP contribution in [0.15, 0.2) is 60.7 Å². The zero-order chi connectivity index (χ0) is 21.1. The number of aromatic nitrogens is 1. The van der Waals surface area contributed by atoms with Crippen molar-refractivity contribution in [2.24, 2.45) is 0 Å². The molecule has 2 heterocycles. The Bertz CT molecular complexity index is 1110. The molecule has 0 radical (unpaired) electrons. The lowest BCUT2D eigenvalue weighted by Gasteiger charge is -2.21. The number of carbonyl (C=O) groups is 2. The molecule has 0 unspecified atom stereocenters. The van der Waals surface area contributed by atoms with Crippen molar-refractivity contribution in [3.05, 3.63) is 77.5 Å². The highest BCUT2D eigenvalue weighted by atomic mass is 16.5. The van der Waals surface area contributed by atoms with Crippen LogP contribution in [-0.4, -0.2) is 28.3 Å². The van der Waals surface area contributed by atoms with Gasteiger partial charge in [-0.3, -0.25) is 9.59 Å². The molecule has 0 atom stereocenters. The third kappa shape index (κ3) is 4.33. The van der Waals surface area contributed by atoms with Crippen LogP contribution < -0.4 is 10.1 Å². The normalized spacial score (nSPS) is 13.3. The molecule has 30 heavy (non-hydrogen) atoms. The van der Waals surface area contributed by atoms with Gasteiger partial charge in [0, 0.05) is 24.7 Å². The van der Waals surface area contributed by atoms with Gasteiger partial charge in [-0.25, -0.2) is 4.98 Å². The third-order valence-corrected chi connectivity index (χ3v) is 5.08. The summed E-state index contributed by atoms with van der Waals surface area (Å²) in [7, 11) is 0. The molecule has 0 aliphatic carbocycles. The molecule has 1 aliphatic rings. The number of benzene rings is 2. The number of nitrogens with one attached hydrogen (secondary N) is 1. The molecule has 1 N–H and O–H groups in total. The molecule has 2 amide bonds. The average Bonchev–Trinajstić information content (AvgIpc) is 2.88. The highest BCUT2D eigenvalue weighted by molar-refractivity contribution is 5.89. The van der Waals surface area contributed by atoms with E-state index in [1.165, 1.54) is 6.92 Å². The molecule has 0 saturated heterocycles. The van der Waals surface area contributed by atoms with Crippen LogP contribution in [0.4, 0.5) is 5.69 Å². The number of rotatable bonds is 4. The van der Waals surface area contributed by atoms with Gasteiger partial charge in [0.2, 0.25) is 5.91 Å². The number of amides is 2. The van der Waals surface area contributed by atoms with E-state index in [1.54, 1.807) is 4.90 Å². The number of carbonyl (C=O) groups excluding carboxylic acids is 2. The molecule has 6 heteroatoms. The van der Waals surface area contributed by atoms with E-state index in [1.807, 2.05) is 67.6 Å². The number of hydrogen-bond acceptors (Lipinski definition) is 4. The van der Waals surface area contributed by atoms with E-state index < -0.39 is 0 Å². The smallest absolute Gasteiger partial charge is 0.261 e. The van der Waals surface area contributed by atoms with Gasteiger partial charge in [-0.2, -0.15) is 0 Å². The predicted molar refractivity (Wildman–Crippen MR) is 115 cm³/mol. The van der Waals surface area contributed by atoms with Gasteiger partial charge >= 0.3 is 0 Å². The van der Waals surface area contributed by atoms with Crippen LogP contribution in [0.25, 0.3) is 11.3 Å². The zero-order valence-corrected chi connectivity index (χ0v) is 17.0. The van der Waals surface area contributed by atoms with Gasteiger partial charge in [-0.1, -0.05) is 36.4 Å². The maximum absolute atomic E-state index is 12.6. The van der Waals surface area contributed by atoms with E-state index in [9.17, 15) is 9.59 Å². The monoisotopic (exact) mass is 401 g/mol. The van der Waals surface area contributed by atoms with Crippen molar-refractivity contribution in [3.8, 4) is 17.0 Å². The van der Waals surface area contributed by atoms with Gasteiger partial charge < -0.3 is 15.0 Å². The van der Waals surface area contributed by atoms with Crippen molar-refractivity contribution in [1.82, 2.24) is 9.88 Å². The summed E-state index contributed by atoms with van der Waals surface area (Å²) in [6, 6.07) is 19.3. The first-order valence-corrected chi connectivity index (χ1v) is 9.82. The van der Waals surface area contributed by atoms with Gasteiger partial charge in [0.15, 0.2) is 6.61 Å². The number of fused-ring (bicyclic) bond motifs is 1. The summed E-state index contributed by atoms with van der Waals surface area (Å²) in [6.45, 7) is 4.41. The first-order chi connectivity index (χ1) is 14.5. The Balaban J connectivity index is 1.63. The molecule has 152 valence electrons. The lowest BCUT2D eigenvalue weighted by molar-refractivity contribution is -0.133. The van der Waals surface area contributed by atoms with Crippen molar-refractivity contribution < 1.29 is 14.3 Å². The second-order valence-corrected chi connectivity index (χ2v) is 7.37. The molecule has 0 saturated carbocycles. The molecule has 4 rings (SSSR count). The fourth-order valence-electron chi connectivity index (χ4n) is 3.49. The number of ether oxygens (including phenoxy) is 1. The fraction of sp³-hybridized carbons (Fsp3) is 0.208.